The molecule has 116 valence electrons. The quantitative estimate of drug-likeness (QED) is 0.857. The van der Waals surface area contributed by atoms with Crippen LogP contribution in [0.4, 0.5) is 0 Å². The van der Waals surface area contributed by atoms with Gasteiger partial charge in [0.25, 0.3) is 0 Å². The number of halogens is 1. The predicted molar refractivity (Wildman–Crippen MR) is 79.1 cm³/mol. The van der Waals surface area contributed by atoms with Crippen molar-refractivity contribution in [2.24, 2.45) is 5.92 Å². The van der Waals surface area contributed by atoms with Crippen LogP contribution in [-0.2, 0) is 9.59 Å². The molecule has 1 amide bonds. The largest absolute Gasteiger partial charge is 0.481 e. The van der Waals surface area contributed by atoms with Crippen molar-refractivity contribution in [3.8, 4) is 0 Å². The first-order chi connectivity index (χ1) is 9.11. The Morgan fingerprint density at radius 2 is 1.95 bits per heavy atom. The maximum absolute atomic E-state index is 12.3. The zero-order chi connectivity index (χ0) is 13.8. The molecule has 0 aromatic carbocycles. The van der Waals surface area contributed by atoms with Crippen LogP contribution in [0.15, 0.2) is 0 Å². The molecule has 2 fully saturated rings. The zero-order valence-corrected chi connectivity index (χ0v) is 12.9. The van der Waals surface area contributed by atoms with Crippen molar-refractivity contribution in [3.63, 3.8) is 0 Å². The van der Waals surface area contributed by atoms with Gasteiger partial charge in [-0.2, -0.15) is 0 Å². The van der Waals surface area contributed by atoms with Crippen molar-refractivity contribution in [3.05, 3.63) is 0 Å². The standard InChI is InChI=1S/C14H24N2O3.ClH/c1-2-12-5-3-4-7-16(12)13(17)10-15-8-6-11(9-15)14(18)19;/h11-12H,2-10H2,1H3,(H,18,19);1H. The number of carbonyl (C=O) groups excluding carboxylic acids is 1. The van der Waals surface area contributed by atoms with Crippen LogP contribution in [0.5, 0.6) is 0 Å². The molecule has 0 radical (unpaired) electrons. The summed E-state index contributed by atoms with van der Waals surface area (Å²) in [5.74, 6) is -0.854. The second kappa shape index (κ2) is 7.84. The Hall–Kier alpha value is -0.810. The number of carboxylic acid groups (broad SMARTS) is 1. The summed E-state index contributed by atoms with van der Waals surface area (Å²) < 4.78 is 0. The molecular weight excluding hydrogens is 280 g/mol. The topological polar surface area (TPSA) is 60.9 Å². The van der Waals surface area contributed by atoms with Crippen LogP contribution in [0.25, 0.3) is 0 Å². The normalized spacial score (nSPS) is 27.1. The van der Waals surface area contributed by atoms with E-state index in [1.807, 2.05) is 9.80 Å². The Balaban J connectivity index is 0.00000200. The fraction of sp³-hybridized carbons (Fsp3) is 0.857. The van der Waals surface area contributed by atoms with E-state index in [2.05, 4.69) is 6.92 Å². The molecule has 2 unspecified atom stereocenters. The summed E-state index contributed by atoms with van der Waals surface area (Å²) >= 11 is 0. The average Bonchev–Trinajstić information content (AvgIpc) is 2.87. The number of carbonyl (C=O) groups is 2. The van der Waals surface area contributed by atoms with E-state index < -0.39 is 5.97 Å². The highest BCUT2D eigenvalue weighted by molar-refractivity contribution is 5.85. The summed E-state index contributed by atoms with van der Waals surface area (Å²) in [7, 11) is 0. The minimum atomic E-state index is -0.737. The minimum absolute atomic E-state index is 0. The molecule has 0 spiro atoms. The molecule has 2 aliphatic rings. The van der Waals surface area contributed by atoms with E-state index in [4.69, 9.17) is 5.11 Å². The number of piperidine rings is 1. The molecule has 0 saturated carbocycles. The van der Waals surface area contributed by atoms with Gasteiger partial charge >= 0.3 is 5.97 Å². The third-order valence-corrected chi connectivity index (χ3v) is 4.40. The van der Waals surface area contributed by atoms with Gasteiger partial charge in [-0.25, -0.2) is 0 Å². The summed E-state index contributed by atoms with van der Waals surface area (Å²) in [5, 5.41) is 8.97. The van der Waals surface area contributed by atoms with E-state index in [0.29, 0.717) is 25.6 Å². The van der Waals surface area contributed by atoms with Gasteiger partial charge in [0, 0.05) is 19.1 Å². The van der Waals surface area contributed by atoms with Gasteiger partial charge < -0.3 is 10.0 Å². The van der Waals surface area contributed by atoms with Crippen LogP contribution in [0.1, 0.15) is 39.0 Å². The smallest absolute Gasteiger partial charge is 0.307 e. The molecule has 0 bridgehead atoms. The summed E-state index contributed by atoms with van der Waals surface area (Å²) in [4.78, 5) is 27.2. The molecule has 2 rings (SSSR count). The van der Waals surface area contributed by atoms with Crippen molar-refractivity contribution in [1.82, 2.24) is 9.80 Å². The highest BCUT2D eigenvalue weighted by atomic mass is 35.5. The van der Waals surface area contributed by atoms with E-state index >= 15 is 0 Å². The van der Waals surface area contributed by atoms with Crippen molar-refractivity contribution < 1.29 is 14.7 Å². The first-order valence-electron chi connectivity index (χ1n) is 7.36. The molecule has 5 nitrogen and oxygen atoms in total. The number of likely N-dealkylation sites (tertiary alicyclic amines) is 2. The zero-order valence-electron chi connectivity index (χ0n) is 12.1. The molecule has 6 heteroatoms. The Bertz CT molecular complexity index is 351. The van der Waals surface area contributed by atoms with Crippen molar-refractivity contribution >= 4 is 24.3 Å². The van der Waals surface area contributed by atoms with E-state index in [1.165, 1.54) is 6.42 Å². The van der Waals surface area contributed by atoms with Gasteiger partial charge in [0.15, 0.2) is 0 Å². The van der Waals surface area contributed by atoms with Crippen LogP contribution < -0.4 is 0 Å². The molecule has 1 N–H and O–H groups in total. The van der Waals surface area contributed by atoms with E-state index in [9.17, 15) is 9.59 Å². The molecule has 2 atom stereocenters. The Morgan fingerprint density at radius 1 is 1.20 bits per heavy atom. The van der Waals surface area contributed by atoms with Crippen LogP contribution in [0.2, 0.25) is 0 Å². The molecule has 0 aromatic heterocycles. The number of hydrogen-bond donors (Lipinski definition) is 1. The maximum atomic E-state index is 12.3. The average molecular weight is 305 g/mol. The third kappa shape index (κ3) is 4.09. The molecule has 2 saturated heterocycles. The van der Waals surface area contributed by atoms with Crippen molar-refractivity contribution in [2.45, 2.75) is 45.1 Å². The summed E-state index contributed by atoms with van der Waals surface area (Å²) in [6, 6.07) is 0.388. The highest BCUT2D eigenvalue weighted by Gasteiger charge is 2.31. The lowest BCUT2D eigenvalue weighted by atomic mass is 10.00. The minimum Gasteiger partial charge on any atom is -0.481 e. The molecule has 0 aromatic rings. The Kier molecular flexibility index (Phi) is 6.76. The second-order valence-corrected chi connectivity index (χ2v) is 5.70. The maximum Gasteiger partial charge on any atom is 0.307 e. The predicted octanol–water partition coefficient (Wildman–Crippen LogP) is 1.61. The van der Waals surface area contributed by atoms with Gasteiger partial charge in [-0.15, -0.1) is 12.4 Å². The van der Waals surface area contributed by atoms with Gasteiger partial charge in [0.1, 0.15) is 0 Å². The monoisotopic (exact) mass is 304 g/mol. The lowest BCUT2D eigenvalue weighted by Crippen LogP contribution is -2.47. The van der Waals surface area contributed by atoms with Gasteiger partial charge in [-0.3, -0.25) is 14.5 Å². The summed E-state index contributed by atoms with van der Waals surface area (Å²) in [6.45, 7) is 4.64. The van der Waals surface area contributed by atoms with Crippen LogP contribution in [0.3, 0.4) is 0 Å². The number of amides is 1. The summed E-state index contributed by atoms with van der Waals surface area (Å²) in [6.07, 6.45) is 5.11. The van der Waals surface area contributed by atoms with E-state index in [1.54, 1.807) is 0 Å². The number of hydrogen-bond acceptors (Lipinski definition) is 3. The Morgan fingerprint density at radius 3 is 2.55 bits per heavy atom. The lowest BCUT2D eigenvalue weighted by Gasteiger charge is -2.36. The fourth-order valence-corrected chi connectivity index (χ4v) is 3.21. The van der Waals surface area contributed by atoms with Crippen molar-refractivity contribution in [1.29, 1.82) is 0 Å². The molecule has 2 aliphatic heterocycles. The van der Waals surface area contributed by atoms with Gasteiger partial charge in [-0.05, 0) is 38.6 Å². The van der Waals surface area contributed by atoms with E-state index in [0.717, 1.165) is 32.4 Å². The number of aliphatic carboxylic acids is 1. The number of nitrogens with zero attached hydrogens (tertiary/aromatic N) is 2. The van der Waals surface area contributed by atoms with E-state index in [-0.39, 0.29) is 24.2 Å². The summed E-state index contributed by atoms with van der Waals surface area (Å²) in [5.41, 5.74) is 0. The SMILES string of the molecule is CCC1CCCCN1C(=O)CN1CCC(C(=O)O)C1.Cl. The van der Waals surface area contributed by atoms with Gasteiger partial charge in [0.2, 0.25) is 5.91 Å². The molecule has 20 heavy (non-hydrogen) atoms. The Labute approximate surface area is 126 Å². The van der Waals surface area contributed by atoms with Crippen LogP contribution >= 0.6 is 12.4 Å². The fourth-order valence-electron chi connectivity index (χ4n) is 3.21. The molecular formula is C14H25ClN2O3. The number of carboxylic acids is 1. The molecule has 0 aliphatic carbocycles. The number of rotatable bonds is 4. The first-order valence-corrected chi connectivity index (χ1v) is 7.36. The van der Waals surface area contributed by atoms with Gasteiger partial charge in [0.05, 0.1) is 12.5 Å². The third-order valence-electron chi connectivity index (χ3n) is 4.40. The van der Waals surface area contributed by atoms with Gasteiger partial charge in [-0.1, -0.05) is 6.92 Å². The molecule has 2 heterocycles. The highest BCUT2D eigenvalue weighted by Crippen LogP contribution is 2.21. The lowest BCUT2D eigenvalue weighted by molar-refractivity contribution is -0.142. The van der Waals surface area contributed by atoms with Crippen LogP contribution in [0, 0.1) is 5.92 Å². The van der Waals surface area contributed by atoms with Crippen LogP contribution in [-0.4, -0.2) is 59.0 Å². The second-order valence-electron chi connectivity index (χ2n) is 5.70. The first kappa shape index (κ1) is 17.2. The van der Waals surface area contributed by atoms with Crippen molar-refractivity contribution in [2.75, 3.05) is 26.2 Å².